The number of carbonyl (C=O) groups excluding carboxylic acids is 1. The van der Waals surface area contributed by atoms with Crippen molar-refractivity contribution in [3.05, 3.63) is 49.1 Å². The quantitative estimate of drug-likeness (QED) is 0.759. The highest BCUT2D eigenvalue weighted by atomic mass is 16.5. The van der Waals surface area contributed by atoms with Gasteiger partial charge in [0.25, 0.3) is 0 Å². The predicted octanol–water partition coefficient (Wildman–Crippen LogP) is 1.96. The number of benzene rings is 1. The van der Waals surface area contributed by atoms with Crippen molar-refractivity contribution in [2.24, 2.45) is 5.73 Å². The van der Waals surface area contributed by atoms with Crippen LogP contribution >= 0.6 is 0 Å². The van der Waals surface area contributed by atoms with E-state index in [2.05, 4.69) is 14.9 Å². The molecule has 3 aromatic rings. The number of anilines is 1. The van der Waals surface area contributed by atoms with Gasteiger partial charge in [-0.25, -0.2) is 4.98 Å². The molecule has 7 nitrogen and oxygen atoms in total. The number of rotatable bonds is 5. The van der Waals surface area contributed by atoms with Crippen LogP contribution in [0, 0.1) is 0 Å². The SMILES string of the molecule is NC(=O)Cn1ccc2c(OC3CCN(c4cnccn4)CC3)cccc21. The molecular formula is C19H21N5O2. The molecule has 3 heterocycles. The van der Waals surface area contributed by atoms with Crippen LogP contribution in [0.15, 0.2) is 49.1 Å². The number of amides is 1. The Morgan fingerprint density at radius 2 is 2.08 bits per heavy atom. The van der Waals surface area contributed by atoms with Gasteiger partial charge in [-0.05, 0) is 18.2 Å². The summed E-state index contributed by atoms with van der Waals surface area (Å²) in [5, 5.41) is 1.00. The van der Waals surface area contributed by atoms with Gasteiger partial charge in [0, 0.05) is 49.9 Å². The molecule has 0 aliphatic carbocycles. The van der Waals surface area contributed by atoms with E-state index in [0.717, 1.165) is 48.4 Å². The summed E-state index contributed by atoms with van der Waals surface area (Å²) in [6.07, 6.45) is 9.08. The van der Waals surface area contributed by atoms with Gasteiger partial charge in [0.1, 0.15) is 24.2 Å². The fraction of sp³-hybridized carbons (Fsp3) is 0.316. The predicted molar refractivity (Wildman–Crippen MR) is 99.0 cm³/mol. The number of primary amides is 1. The Morgan fingerprint density at radius 3 is 2.81 bits per heavy atom. The number of piperidine rings is 1. The molecule has 7 heteroatoms. The minimum Gasteiger partial charge on any atom is -0.490 e. The molecule has 1 aromatic carbocycles. The van der Waals surface area contributed by atoms with Crippen molar-refractivity contribution in [3.63, 3.8) is 0 Å². The Hall–Kier alpha value is -3.09. The van der Waals surface area contributed by atoms with Crippen LogP contribution in [0.2, 0.25) is 0 Å². The van der Waals surface area contributed by atoms with Crippen molar-refractivity contribution in [3.8, 4) is 5.75 Å². The van der Waals surface area contributed by atoms with Gasteiger partial charge in [0.05, 0.1) is 11.7 Å². The Kier molecular flexibility index (Phi) is 4.43. The summed E-state index contributed by atoms with van der Waals surface area (Å²) < 4.78 is 8.13. The van der Waals surface area contributed by atoms with E-state index >= 15 is 0 Å². The maximum absolute atomic E-state index is 11.2. The summed E-state index contributed by atoms with van der Waals surface area (Å²) in [6.45, 7) is 1.95. The van der Waals surface area contributed by atoms with Crippen LogP contribution in [0.4, 0.5) is 5.82 Å². The van der Waals surface area contributed by atoms with Crippen LogP contribution in [0.3, 0.4) is 0 Å². The number of nitrogens with two attached hydrogens (primary N) is 1. The van der Waals surface area contributed by atoms with E-state index in [9.17, 15) is 4.79 Å². The minimum atomic E-state index is -0.356. The lowest BCUT2D eigenvalue weighted by atomic mass is 10.1. The van der Waals surface area contributed by atoms with Crippen molar-refractivity contribution in [2.45, 2.75) is 25.5 Å². The van der Waals surface area contributed by atoms with Crippen molar-refractivity contribution >= 4 is 22.6 Å². The van der Waals surface area contributed by atoms with Crippen LogP contribution in [0.25, 0.3) is 10.9 Å². The Morgan fingerprint density at radius 1 is 1.23 bits per heavy atom. The van der Waals surface area contributed by atoms with Crippen molar-refractivity contribution in [2.75, 3.05) is 18.0 Å². The lowest BCUT2D eigenvalue weighted by Crippen LogP contribution is -2.38. The molecule has 2 N–H and O–H groups in total. The van der Waals surface area contributed by atoms with Crippen LogP contribution in [0.1, 0.15) is 12.8 Å². The zero-order valence-electron chi connectivity index (χ0n) is 14.4. The topological polar surface area (TPSA) is 86.3 Å². The molecule has 0 unspecified atom stereocenters. The van der Waals surface area contributed by atoms with Crippen LogP contribution in [0.5, 0.6) is 5.75 Å². The van der Waals surface area contributed by atoms with E-state index in [1.807, 2.05) is 35.0 Å². The number of hydrogen-bond donors (Lipinski definition) is 1. The van der Waals surface area contributed by atoms with Crippen molar-refractivity contribution < 1.29 is 9.53 Å². The maximum atomic E-state index is 11.2. The first kappa shape index (κ1) is 16.4. The molecule has 4 rings (SSSR count). The third-order valence-corrected chi connectivity index (χ3v) is 4.71. The molecule has 0 spiro atoms. The van der Waals surface area contributed by atoms with Gasteiger partial charge in [-0.1, -0.05) is 6.07 Å². The molecule has 1 aliphatic rings. The van der Waals surface area contributed by atoms with Gasteiger partial charge in [0.2, 0.25) is 5.91 Å². The molecule has 0 atom stereocenters. The van der Waals surface area contributed by atoms with Crippen LogP contribution < -0.4 is 15.4 Å². The number of carbonyl (C=O) groups is 1. The zero-order chi connectivity index (χ0) is 17.9. The number of nitrogens with zero attached hydrogens (tertiary/aromatic N) is 4. The molecule has 0 saturated carbocycles. The van der Waals surface area contributed by atoms with Gasteiger partial charge in [0.15, 0.2) is 0 Å². The standard InChI is InChI=1S/C19H21N5O2/c20-18(25)13-24-11-6-15-16(24)2-1-3-17(15)26-14-4-9-23(10-5-14)19-12-21-7-8-22-19/h1-3,6-8,11-12,14H,4-5,9-10,13H2,(H2,20,25). The van der Waals surface area contributed by atoms with E-state index in [4.69, 9.17) is 10.5 Å². The van der Waals surface area contributed by atoms with E-state index < -0.39 is 0 Å². The average Bonchev–Trinajstić information content (AvgIpc) is 3.06. The van der Waals surface area contributed by atoms with Gasteiger partial charge in [-0.15, -0.1) is 0 Å². The van der Waals surface area contributed by atoms with E-state index in [0.29, 0.717) is 0 Å². The summed E-state index contributed by atoms with van der Waals surface area (Å²) in [7, 11) is 0. The first-order valence-electron chi connectivity index (χ1n) is 8.74. The lowest BCUT2D eigenvalue weighted by molar-refractivity contribution is -0.118. The first-order valence-corrected chi connectivity index (χ1v) is 8.74. The Balaban J connectivity index is 1.45. The largest absolute Gasteiger partial charge is 0.490 e. The number of ether oxygens (including phenoxy) is 1. The Labute approximate surface area is 151 Å². The van der Waals surface area contributed by atoms with Gasteiger partial charge >= 0.3 is 0 Å². The highest BCUT2D eigenvalue weighted by Gasteiger charge is 2.22. The number of aromatic nitrogens is 3. The normalized spacial score (nSPS) is 15.3. The molecule has 26 heavy (non-hydrogen) atoms. The zero-order valence-corrected chi connectivity index (χ0v) is 14.4. The second kappa shape index (κ2) is 7.03. The third kappa shape index (κ3) is 3.33. The monoisotopic (exact) mass is 351 g/mol. The molecule has 134 valence electrons. The highest BCUT2D eigenvalue weighted by Crippen LogP contribution is 2.29. The molecule has 0 bridgehead atoms. The van der Waals surface area contributed by atoms with Crippen LogP contribution in [-0.2, 0) is 11.3 Å². The van der Waals surface area contributed by atoms with Gasteiger partial charge in [-0.2, -0.15) is 0 Å². The lowest BCUT2D eigenvalue weighted by Gasteiger charge is -2.32. The number of hydrogen-bond acceptors (Lipinski definition) is 5. The maximum Gasteiger partial charge on any atom is 0.237 e. The Bertz CT molecular complexity index is 901. The van der Waals surface area contributed by atoms with Gasteiger partial charge < -0.3 is 19.9 Å². The fourth-order valence-corrected chi connectivity index (χ4v) is 3.44. The summed E-state index contributed by atoms with van der Waals surface area (Å²) in [5.41, 5.74) is 6.27. The number of fused-ring (bicyclic) bond motifs is 1. The van der Waals surface area contributed by atoms with E-state index in [1.54, 1.807) is 18.6 Å². The highest BCUT2D eigenvalue weighted by molar-refractivity contribution is 5.87. The van der Waals surface area contributed by atoms with E-state index in [1.165, 1.54) is 0 Å². The molecule has 1 fully saturated rings. The summed E-state index contributed by atoms with van der Waals surface area (Å²) in [6, 6.07) is 7.87. The molecule has 1 aliphatic heterocycles. The molecule has 1 saturated heterocycles. The summed E-state index contributed by atoms with van der Waals surface area (Å²) in [4.78, 5) is 21.9. The summed E-state index contributed by atoms with van der Waals surface area (Å²) >= 11 is 0. The van der Waals surface area contributed by atoms with E-state index in [-0.39, 0.29) is 18.6 Å². The van der Waals surface area contributed by atoms with Crippen molar-refractivity contribution in [1.82, 2.24) is 14.5 Å². The molecular weight excluding hydrogens is 330 g/mol. The second-order valence-electron chi connectivity index (χ2n) is 6.47. The van der Waals surface area contributed by atoms with Crippen LogP contribution in [-0.4, -0.2) is 39.6 Å². The first-order chi connectivity index (χ1) is 12.7. The molecule has 2 aromatic heterocycles. The fourth-order valence-electron chi connectivity index (χ4n) is 3.44. The molecule has 0 radical (unpaired) electrons. The minimum absolute atomic E-state index is 0.160. The average molecular weight is 351 g/mol. The van der Waals surface area contributed by atoms with Crippen molar-refractivity contribution in [1.29, 1.82) is 0 Å². The summed E-state index contributed by atoms with van der Waals surface area (Å²) in [5.74, 6) is 1.41. The molecule has 1 amide bonds. The second-order valence-corrected chi connectivity index (χ2v) is 6.47. The van der Waals surface area contributed by atoms with Gasteiger partial charge in [-0.3, -0.25) is 9.78 Å². The smallest absolute Gasteiger partial charge is 0.237 e. The third-order valence-electron chi connectivity index (χ3n) is 4.71.